The number of hydrogen-bond acceptors (Lipinski definition) is 3. The molecule has 60 valence electrons. The minimum atomic E-state index is -0.100. The largest absolute Gasteiger partial charge is 0.485 e. The first-order valence-corrected chi connectivity index (χ1v) is 3.57. The lowest BCUT2D eigenvalue weighted by atomic mass is 10.0. The SMILES string of the molecule is O=C1C=CC2=CC(=O)COC2=C1. The van der Waals surface area contributed by atoms with Crippen molar-refractivity contribution in [2.24, 2.45) is 0 Å². The molecule has 0 amide bonds. The molecule has 2 rings (SSSR count). The van der Waals surface area contributed by atoms with Gasteiger partial charge in [-0.15, -0.1) is 0 Å². The summed E-state index contributed by atoms with van der Waals surface area (Å²) in [6, 6.07) is 0. The van der Waals surface area contributed by atoms with Gasteiger partial charge in [-0.05, 0) is 18.2 Å². The number of ether oxygens (including phenoxy) is 1. The summed E-state index contributed by atoms with van der Waals surface area (Å²) < 4.78 is 5.04. The van der Waals surface area contributed by atoms with Gasteiger partial charge in [0.05, 0.1) is 0 Å². The summed E-state index contributed by atoms with van der Waals surface area (Å²) in [6.45, 7) is 0.0381. The zero-order valence-electron chi connectivity index (χ0n) is 6.24. The molecule has 1 heterocycles. The monoisotopic (exact) mass is 162 g/mol. The lowest BCUT2D eigenvalue weighted by Crippen LogP contribution is -2.15. The molecule has 3 nitrogen and oxygen atoms in total. The van der Waals surface area contributed by atoms with Crippen molar-refractivity contribution in [1.82, 2.24) is 0 Å². The molecule has 0 radical (unpaired) electrons. The van der Waals surface area contributed by atoms with Gasteiger partial charge in [-0.3, -0.25) is 9.59 Å². The maximum atomic E-state index is 10.9. The lowest BCUT2D eigenvalue weighted by Gasteiger charge is -2.16. The van der Waals surface area contributed by atoms with Crippen LogP contribution >= 0.6 is 0 Å². The van der Waals surface area contributed by atoms with E-state index in [1.165, 1.54) is 18.2 Å². The van der Waals surface area contributed by atoms with Crippen LogP contribution in [-0.2, 0) is 14.3 Å². The standard InChI is InChI=1S/C9H6O3/c10-7-2-1-6-3-8(11)5-12-9(6)4-7/h1-4H,5H2. The van der Waals surface area contributed by atoms with Gasteiger partial charge in [-0.1, -0.05) is 0 Å². The predicted octanol–water partition coefficient (Wildman–Crippen LogP) is 0.535. The third-order valence-corrected chi connectivity index (χ3v) is 1.67. The second kappa shape index (κ2) is 2.44. The van der Waals surface area contributed by atoms with Crippen molar-refractivity contribution < 1.29 is 14.3 Å². The fraction of sp³-hybridized carbons (Fsp3) is 0.111. The van der Waals surface area contributed by atoms with Crippen molar-refractivity contribution in [3.63, 3.8) is 0 Å². The summed E-state index contributed by atoms with van der Waals surface area (Å²) >= 11 is 0. The molecule has 0 unspecified atom stereocenters. The molecule has 1 aliphatic heterocycles. The maximum Gasteiger partial charge on any atom is 0.193 e. The molecule has 0 aromatic rings. The van der Waals surface area contributed by atoms with E-state index in [0.717, 1.165) is 0 Å². The molecule has 3 heteroatoms. The molecule has 0 bridgehead atoms. The summed E-state index contributed by atoms with van der Waals surface area (Å²) in [5.74, 6) is 0.333. The van der Waals surface area contributed by atoms with Crippen molar-refractivity contribution in [2.45, 2.75) is 0 Å². The van der Waals surface area contributed by atoms with Gasteiger partial charge < -0.3 is 4.74 Å². The number of fused-ring (bicyclic) bond motifs is 1. The smallest absolute Gasteiger partial charge is 0.193 e. The molecule has 0 fully saturated rings. The number of rotatable bonds is 0. The minimum absolute atomic E-state index is 0.0381. The number of carbonyl (C=O) groups excluding carboxylic acids is 2. The van der Waals surface area contributed by atoms with Crippen LogP contribution in [0.2, 0.25) is 0 Å². The fourth-order valence-electron chi connectivity index (χ4n) is 1.12. The van der Waals surface area contributed by atoms with Crippen molar-refractivity contribution in [3.8, 4) is 0 Å². The molecular weight excluding hydrogens is 156 g/mol. The van der Waals surface area contributed by atoms with E-state index >= 15 is 0 Å². The van der Waals surface area contributed by atoms with Gasteiger partial charge in [0.2, 0.25) is 0 Å². The number of allylic oxidation sites excluding steroid dienone is 3. The van der Waals surface area contributed by atoms with Crippen LogP contribution in [-0.4, -0.2) is 18.2 Å². The minimum Gasteiger partial charge on any atom is -0.485 e. The second-order valence-electron chi connectivity index (χ2n) is 2.60. The van der Waals surface area contributed by atoms with Gasteiger partial charge in [0.25, 0.3) is 0 Å². The van der Waals surface area contributed by atoms with E-state index in [1.807, 2.05) is 0 Å². The highest BCUT2D eigenvalue weighted by molar-refractivity contribution is 6.04. The van der Waals surface area contributed by atoms with E-state index in [1.54, 1.807) is 6.08 Å². The third-order valence-electron chi connectivity index (χ3n) is 1.67. The maximum absolute atomic E-state index is 10.9. The van der Waals surface area contributed by atoms with Crippen LogP contribution in [0.4, 0.5) is 0 Å². The second-order valence-corrected chi connectivity index (χ2v) is 2.60. The average molecular weight is 162 g/mol. The molecule has 12 heavy (non-hydrogen) atoms. The third kappa shape index (κ3) is 1.09. The van der Waals surface area contributed by atoms with E-state index in [-0.39, 0.29) is 18.2 Å². The van der Waals surface area contributed by atoms with Gasteiger partial charge in [0.1, 0.15) is 5.76 Å². The Morgan fingerprint density at radius 2 is 2.00 bits per heavy atom. The van der Waals surface area contributed by atoms with E-state index in [4.69, 9.17) is 4.74 Å². The van der Waals surface area contributed by atoms with Crippen molar-refractivity contribution in [2.75, 3.05) is 6.61 Å². The Morgan fingerprint density at radius 3 is 2.83 bits per heavy atom. The highest BCUT2D eigenvalue weighted by atomic mass is 16.5. The average Bonchev–Trinajstić information content (AvgIpc) is 2.05. The Balaban J connectivity index is 2.43. The van der Waals surface area contributed by atoms with E-state index in [9.17, 15) is 9.59 Å². The van der Waals surface area contributed by atoms with E-state index in [2.05, 4.69) is 0 Å². The number of hydrogen-bond donors (Lipinski definition) is 0. The van der Waals surface area contributed by atoms with Crippen LogP contribution in [0.1, 0.15) is 0 Å². The normalized spacial score (nSPS) is 21.0. The van der Waals surface area contributed by atoms with Gasteiger partial charge in [0.15, 0.2) is 18.2 Å². The molecule has 1 aliphatic carbocycles. The molecule has 0 aromatic carbocycles. The van der Waals surface area contributed by atoms with Crippen LogP contribution in [0, 0.1) is 0 Å². The van der Waals surface area contributed by atoms with E-state index in [0.29, 0.717) is 11.3 Å². The predicted molar refractivity (Wildman–Crippen MR) is 41.3 cm³/mol. The molecular formula is C9H6O3. The van der Waals surface area contributed by atoms with Gasteiger partial charge in [-0.2, -0.15) is 0 Å². The summed E-state index contributed by atoms with van der Waals surface area (Å²) in [6.07, 6.45) is 5.88. The highest BCUT2D eigenvalue weighted by Gasteiger charge is 2.17. The Kier molecular flexibility index (Phi) is 1.43. The zero-order chi connectivity index (χ0) is 8.55. The summed E-state index contributed by atoms with van der Waals surface area (Å²) in [5, 5.41) is 0. The topological polar surface area (TPSA) is 43.4 Å². The van der Waals surface area contributed by atoms with Crippen molar-refractivity contribution in [3.05, 3.63) is 35.6 Å². The Labute approximate surface area is 69.0 Å². The van der Waals surface area contributed by atoms with Gasteiger partial charge >= 0.3 is 0 Å². The highest BCUT2D eigenvalue weighted by Crippen LogP contribution is 2.20. The number of ketones is 2. The first kappa shape index (κ1) is 7.03. The van der Waals surface area contributed by atoms with Crippen LogP contribution < -0.4 is 0 Å². The van der Waals surface area contributed by atoms with Crippen molar-refractivity contribution >= 4 is 11.6 Å². The molecule has 0 atom stereocenters. The summed E-state index contributed by atoms with van der Waals surface area (Å²) in [5.41, 5.74) is 0.686. The van der Waals surface area contributed by atoms with Crippen LogP contribution in [0.15, 0.2) is 35.6 Å². The first-order valence-electron chi connectivity index (χ1n) is 3.57. The quantitative estimate of drug-likeness (QED) is 0.522. The van der Waals surface area contributed by atoms with Crippen molar-refractivity contribution in [1.29, 1.82) is 0 Å². The first-order chi connectivity index (χ1) is 5.75. The number of carbonyl (C=O) groups is 2. The van der Waals surface area contributed by atoms with Crippen LogP contribution in [0.3, 0.4) is 0 Å². The molecule has 2 aliphatic rings. The lowest BCUT2D eigenvalue weighted by molar-refractivity contribution is -0.118. The summed E-state index contributed by atoms with van der Waals surface area (Å²) in [7, 11) is 0. The van der Waals surface area contributed by atoms with Gasteiger partial charge in [0, 0.05) is 11.6 Å². The van der Waals surface area contributed by atoms with E-state index < -0.39 is 0 Å². The Morgan fingerprint density at radius 1 is 1.17 bits per heavy atom. The fourth-order valence-corrected chi connectivity index (χ4v) is 1.12. The Hall–Kier alpha value is -1.64. The molecule has 0 saturated heterocycles. The van der Waals surface area contributed by atoms with Gasteiger partial charge in [-0.25, -0.2) is 0 Å². The molecule has 0 spiro atoms. The van der Waals surface area contributed by atoms with Crippen LogP contribution in [0.25, 0.3) is 0 Å². The summed E-state index contributed by atoms with van der Waals surface area (Å²) in [4.78, 5) is 21.7. The zero-order valence-corrected chi connectivity index (χ0v) is 6.24. The molecule has 0 N–H and O–H groups in total. The van der Waals surface area contributed by atoms with Crippen LogP contribution in [0.5, 0.6) is 0 Å². The molecule has 0 saturated carbocycles. The molecule has 0 aromatic heterocycles. The Bertz CT molecular complexity index is 345.